The van der Waals surface area contributed by atoms with Crippen LogP contribution in [-0.4, -0.2) is 24.4 Å². The van der Waals surface area contributed by atoms with Gasteiger partial charge in [0, 0.05) is 18.2 Å². The van der Waals surface area contributed by atoms with Gasteiger partial charge in [-0.25, -0.2) is 0 Å². The maximum absolute atomic E-state index is 9.54. The summed E-state index contributed by atoms with van der Waals surface area (Å²) in [5.41, 5.74) is 2.34. The van der Waals surface area contributed by atoms with Crippen LogP contribution in [0, 0.1) is 0 Å². The van der Waals surface area contributed by atoms with Gasteiger partial charge in [0.15, 0.2) is 0 Å². The zero-order valence-electron chi connectivity index (χ0n) is 12.5. The lowest BCUT2D eigenvalue weighted by molar-refractivity contribution is 0.240. The van der Waals surface area contributed by atoms with Crippen molar-refractivity contribution >= 4 is 0 Å². The molecule has 0 spiro atoms. The molecule has 0 heterocycles. The summed E-state index contributed by atoms with van der Waals surface area (Å²) in [7, 11) is 0. The molecule has 112 valence electrons. The Bertz CT molecular complexity index is 528. The average molecular weight is 285 g/mol. The number of para-hydroxylation sites is 1. The van der Waals surface area contributed by atoms with Crippen LogP contribution in [0.4, 0.5) is 0 Å². The standard InChI is InChI=1S/C18H23NO2/c1-2-21-18-11-7-6-10-16(18)13-19-17(14-20)12-15-8-4-3-5-9-15/h3-11,17,19-20H,2,12-14H2,1H3/t17-/m1/s1. The van der Waals surface area contributed by atoms with Gasteiger partial charge in [-0.3, -0.25) is 0 Å². The van der Waals surface area contributed by atoms with E-state index in [1.165, 1.54) is 5.56 Å². The molecule has 3 nitrogen and oxygen atoms in total. The molecule has 2 aromatic carbocycles. The average Bonchev–Trinajstić information content (AvgIpc) is 2.54. The van der Waals surface area contributed by atoms with Crippen LogP contribution in [0.2, 0.25) is 0 Å². The van der Waals surface area contributed by atoms with Crippen LogP contribution in [0.1, 0.15) is 18.1 Å². The van der Waals surface area contributed by atoms with E-state index in [9.17, 15) is 5.11 Å². The van der Waals surface area contributed by atoms with Crippen LogP contribution in [0.3, 0.4) is 0 Å². The molecule has 2 aromatic rings. The summed E-state index contributed by atoms with van der Waals surface area (Å²) in [6, 6.07) is 18.3. The van der Waals surface area contributed by atoms with Gasteiger partial charge in [0.05, 0.1) is 13.2 Å². The first kappa shape index (κ1) is 15.5. The number of aliphatic hydroxyl groups excluding tert-OH is 1. The molecule has 0 radical (unpaired) electrons. The highest BCUT2D eigenvalue weighted by Crippen LogP contribution is 2.17. The van der Waals surface area contributed by atoms with E-state index >= 15 is 0 Å². The molecule has 2 rings (SSSR count). The van der Waals surface area contributed by atoms with Gasteiger partial charge in [0.25, 0.3) is 0 Å². The Labute approximate surface area is 126 Å². The summed E-state index contributed by atoms with van der Waals surface area (Å²) < 4.78 is 5.62. The molecular formula is C18H23NO2. The van der Waals surface area contributed by atoms with Crippen molar-refractivity contribution in [2.45, 2.75) is 25.9 Å². The van der Waals surface area contributed by atoms with E-state index in [2.05, 4.69) is 23.5 Å². The van der Waals surface area contributed by atoms with Gasteiger partial charge < -0.3 is 15.2 Å². The first-order chi connectivity index (χ1) is 10.3. The van der Waals surface area contributed by atoms with Crippen LogP contribution in [0.25, 0.3) is 0 Å². The van der Waals surface area contributed by atoms with Gasteiger partial charge in [-0.15, -0.1) is 0 Å². The second-order valence-electron chi connectivity index (χ2n) is 4.99. The minimum absolute atomic E-state index is 0.0436. The van der Waals surface area contributed by atoms with Crippen molar-refractivity contribution in [3.05, 3.63) is 65.7 Å². The zero-order valence-corrected chi connectivity index (χ0v) is 12.5. The topological polar surface area (TPSA) is 41.5 Å². The lowest BCUT2D eigenvalue weighted by Crippen LogP contribution is -2.34. The summed E-state index contributed by atoms with van der Waals surface area (Å²) in [5, 5.41) is 12.9. The Morgan fingerprint density at radius 1 is 1.05 bits per heavy atom. The number of hydrogen-bond donors (Lipinski definition) is 2. The number of benzene rings is 2. The van der Waals surface area contributed by atoms with Crippen LogP contribution in [0.5, 0.6) is 5.75 Å². The predicted octanol–water partition coefficient (Wildman–Crippen LogP) is 2.78. The minimum Gasteiger partial charge on any atom is -0.494 e. The lowest BCUT2D eigenvalue weighted by Gasteiger charge is -2.18. The fourth-order valence-corrected chi connectivity index (χ4v) is 2.30. The highest BCUT2D eigenvalue weighted by Gasteiger charge is 2.09. The minimum atomic E-state index is 0.0436. The number of aliphatic hydroxyl groups is 1. The van der Waals surface area contributed by atoms with E-state index in [-0.39, 0.29) is 12.6 Å². The predicted molar refractivity (Wildman–Crippen MR) is 85.5 cm³/mol. The maximum Gasteiger partial charge on any atom is 0.123 e. The first-order valence-corrected chi connectivity index (χ1v) is 7.42. The molecular weight excluding hydrogens is 262 g/mol. The van der Waals surface area contributed by atoms with E-state index in [1.54, 1.807) is 0 Å². The molecule has 2 N–H and O–H groups in total. The highest BCUT2D eigenvalue weighted by molar-refractivity contribution is 5.33. The summed E-state index contributed by atoms with van der Waals surface area (Å²) in [6.45, 7) is 3.44. The fourth-order valence-electron chi connectivity index (χ4n) is 2.30. The molecule has 0 bridgehead atoms. The van der Waals surface area contributed by atoms with Crippen molar-refractivity contribution in [2.75, 3.05) is 13.2 Å². The first-order valence-electron chi connectivity index (χ1n) is 7.42. The monoisotopic (exact) mass is 285 g/mol. The SMILES string of the molecule is CCOc1ccccc1CN[C@@H](CO)Cc1ccccc1. The number of rotatable bonds is 8. The van der Waals surface area contributed by atoms with Gasteiger partial charge in [0.1, 0.15) is 5.75 Å². The van der Waals surface area contributed by atoms with Crippen LogP contribution in [-0.2, 0) is 13.0 Å². The number of hydrogen-bond acceptors (Lipinski definition) is 3. The van der Waals surface area contributed by atoms with Crippen molar-refractivity contribution in [2.24, 2.45) is 0 Å². The Balaban J connectivity index is 1.94. The van der Waals surface area contributed by atoms with E-state index in [1.807, 2.05) is 43.3 Å². The van der Waals surface area contributed by atoms with E-state index in [0.29, 0.717) is 13.2 Å². The van der Waals surface area contributed by atoms with Gasteiger partial charge in [-0.1, -0.05) is 48.5 Å². The Kier molecular flexibility index (Phi) is 6.25. The van der Waals surface area contributed by atoms with Gasteiger partial charge in [-0.05, 0) is 25.0 Å². The molecule has 3 heteroatoms. The summed E-state index contributed by atoms with van der Waals surface area (Å²) >= 11 is 0. The Hall–Kier alpha value is -1.84. The molecule has 0 amide bonds. The second kappa shape index (κ2) is 8.45. The third kappa shape index (κ3) is 4.88. The quantitative estimate of drug-likeness (QED) is 0.783. The third-order valence-electron chi connectivity index (χ3n) is 3.40. The molecule has 0 aliphatic heterocycles. The molecule has 0 saturated heterocycles. The summed E-state index contributed by atoms with van der Waals surface area (Å²) in [6.07, 6.45) is 0.814. The molecule has 0 aliphatic carbocycles. The molecule has 0 aromatic heterocycles. The maximum atomic E-state index is 9.54. The molecule has 0 unspecified atom stereocenters. The molecule has 21 heavy (non-hydrogen) atoms. The third-order valence-corrected chi connectivity index (χ3v) is 3.40. The molecule has 0 fully saturated rings. The van der Waals surface area contributed by atoms with E-state index < -0.39 is 0 Å². The zero-order chi connectivity index (χ0) is 14.9. The smallest absolute Gasteiger partial charge is 0.123 e. The molecule has 1 atom stereocenters. The van der Waals surface area contributed by atoms with Gasteiger partial charge in [0.2, 0.25) is 0 Å². The normalized spacial score (nSPS) is 12.1. The van der Waals surface area contributed by atoms with E-state index in [0.717, 1.165) is 17.7 Å². The van der Waals surface area contributed by atoms with Crippen molar-refractivity contribution in [1.82, 2.24) is 5.32 Å². The fraction of sp³-hybridized carbons (Fsp3) is 0.333. The van der Waals surface area contributed by atoms with Crippen molar-refractivity contribution in [3.63, 3.8) is 0 Å². The Morgan fingerprint density at radius 2 is 1.76 bits per heavy atom. The van der Waals surface area contributed by atoms with E-state index in [4.69, 9.17) is 4.74 Å². The van der Waals surface area contributed by atoms with Crippen molar-refractivity contribution in [3.8, 4) is 5.75 Å². The molecule has 0 saturated carbocycles. The van der Waals surface area contributed by atoms with Crippen molar-refractivity contribution < 1.29 is 9.84 Å². The summed E-state index contributed by atoms with van der Waals surface area (Å²) in [5.74, 6) is 0.906. The molecule has 0 aliphatic rings. The van der Waals surface area contributed by atoms with Gasteiger partial charge in [-0.2, -0.15) is 0 Å². The largest absolute Gasteiger partial charge is 0.494 e. The lowest BCUT2D eigenvalue weighted by atomic mass is 10.1. The Morgan fingerprint density at radius 3 is 2.48 bits per heavy atom. The highest BCUT2D eigenvalue weighted by atomic mass is 16.5. The summed E-state index contributed by atoms with van der Waals surface area (Å²) in [4.78, 5) is 0. The van der Waals surface area contributed by atoms with Crippen LogP contribution < -0.4 is 10.1 Å². The second-order valence-corrected chi connectivity index (χ2v) is 4.99. The van der Waals surface area contributed by atoms with Crippen LogP contribution >= 0.6 is 0 Å². The number of ether oxygens (including phenoxy) is 1. The van der Waals surface area contributed by atoms with Crippen molar-refractivity contribution in [1.29, 1.82) is 0 Å². The van der Waals surface area contributed by atoms with Gasteiger partial charge >= 0.3 is 0 Å². The van der Waals surface area contributed by atoms with Crippen LogP contribution in [0.15, 0.2) is 54.6 Å². The number of nitrogens with one attached hydrogen (secondary N) is 1.